The molecule has 0 aliphatic heterocycles. The third kappa shape index (κ3) is 4.46. The van der Waals surface area contributed by atoms with Gasteiger partial charge in [0.1, 0.15) is 0 Å². The zero-order chi connectivity index (χ0) is 41.3. The number of hydrogen-bond acceptors (Lipinski definition) is 10. The van der Waals surface area contributed by atoms with E-state index in [1.807, 2.05) is 66.7 Å². The Hall–Kier alpha value is -8.50. The maximum Gasteiger partial charge on any atom is 0.205 e. The zero-order valence-electron chi connectivity index (χ0n) is 31.1. The molecule has 10 aromatic carbocycles. The number of hydrogen-bond donors (Lipinski definition) is 9. The van der Waals surface area contributed by atoms with E-state index < -0.39 is 73.7 Å². The highest BCUT2D eigenvalue weighted by molar-refractivity contribution is 6.29. The Balaban J connectivity index is 1.30. The lowest BCUT2D eigenvalue weighted by molar-refractivity contribution is 0.349. The van der Waals surface area contributed by atoms with Crippen molar-refractivity contribution >= 4 is 75.8 Å². The lowest BCUT2D eigenvalue weighted by atomic mass is 9.83. The fourth-order valence-corrected chi connectivity index (χ4v) is 9.18. The Morgan fingerprint density at radius 2 is 0.733 bits per heavy atom. The third-order valence-corrected chi connectivity index (χ3v) is 11.8. The van der Waals surface area contributed by atoms with E-state index in [1.165, 1.54) is 0 Å². The summed E-state index contributed by atoms with van der Waals surface area (Å²) in [6.45, 7) is 0. The number of rotatable bonds is 3. The summed E-state index contributed by atoms with van der Waals surface area (Å²) in [5, 5.41) is 106. The van der Waals surface area contributed by atoms with Crippen LogP contribution in [0.15, 0.2) is 132 Å². The van der Waals surface area contributed by atoms with Crippen molar-refractivity contribution < 1.29 is 50.4 Å². The molecule has 0 atom stereocenters. The van der Waals surface area contributed by atoms with Crippen molar-refractivity contribution in [2.75, 3.05) is 0 Å². The van der Waals surface area contributed by atoms with Crippen LogP contribution in [0.1, 0.15) is 0 Å². The van der Waals surface area contributed by atoms with Crippen molar-refractivity contribution in [3.8, 4) is 85.1 Å². The van der Waals surface area contributed by atoms with Crippen LogP contribution in [0.2, 0.25) is 0 Å². The first-order valence-corrected chi connectivity index (χ1v) is 18.9. The first-order chi connectivity index (χ1) is 29.1. The Morgan fingerprint density at radius 3 is 1.37 bits per heavy atom. The molecule has 1 heterocycles. The van der Waals surface area contributed by atoms with Gasteiger partial charge >= 0.3 is 0 Å². The molecule has 0 bridgehead atoms. The molecule has 0 aliphatic rings. The molecule has 0 radical (unpaired) electrons. The van der Waals surface area contributed by atoms with Gasteiger partial charge in [-0.3, -0.25) is 0 Å². The van der Waals surface area contributed by atoms with E-state index in [4.69, 9.17) is 4.42 Å². The number of aromatic hydroxyl groups is 9. The summed E-state index contributed by atoms with van der Waals surface area (Å²) in [7, 11) is 0. The molecular weight excluding hydrogens is 761 g/mol. The molecule has 11 aromatic rings. The second-order valence-corrected chi connectivity index (χ2v) is 14.9. The van der Waals surface area contributed by atoms with Crippen molar-refractivity contribution in [3.63, 3.8) is 0 Å². The van der Waals surface area contributed by atoms with Gasteiger partial charge < -0.3 is 50.4 Å². The topological polar surface area (TPSA) is 195 Å². The molecule has 290 valence electrons. The molecule has 10 heteroatoms. The molecule has 0 unspecified atom stereocenters. The maximum absolute atomic E-state index is 11.9. The van der Waals surface area contributed by atoms with Crippen molar-refractivity contribution in [1.82, 2.24) is 0 Å². The van der Waals surface area contributed by atoms with Crippen LogP contribution in [0.3, 0.4) is 0 Å². The molecule has 60 heavy (non-hydrogen) atoms. The summed E-state index contributed by atoms with van der Waals surface area (Å²) < 4.78 is 6.03. The molecule has 0 saturated carbocycles. The zero-order valence-corrected chi connectivity index (χ0v) is 31.1. The number of phenolic OH excluding ortho intramolecular Hbond substituents is 9. The lowest BCUT2D eigenvalue weighted by Crippen LogP contribution is -1.93. The summed E-state index contributed by atoms with van der Waals surface area (Å²) >= 11 is 0. The van der Waals surface area contributed by atoms with Crippen LogP contribution in [0.4, 0.5) is 0 Å². The largest absolute Gasteiger partial charge is 0.504 e. The Kier molecular flexibility index (Phi) is 7.09. The van der Waals surface area contributed by atoms with Crippen molar-refractivity contribution in [2.45, 2.75) is 0 Å². The smallest absolute Gasteiger partial charge is 0.205 e. The molecule has 0 saturated heterocycles. The summed E-state index contributed by atoms with van der Waals surface area (Å²) in [6.07, 6.45) is 0. The van der Waals surface area contributed by atoms with Crippen LogP contribution in [-0.2, 0) is 0 Å². The van der Waals surface area contributed by atoms with Gasteiger partial charge in [0.05, 0.1) is 16.2 Å². The molecule has 0 aliphatic carbocycles. The fourth-order valence-electron chi connectivity index (χ4n) is 9.18. The molecule has 10 nitrogen and oxygen atoms in total. The first-order valence-electron chi connectivity index (χ1n) is 18.9. The van der Waals surface area contributed by atoms with Crippen LogP contribution in [0.25, 0.3) is 109 Å². The average molecular weight is 791 g/mol. The summed E-state index contributed by atoms with van der Waals surface area (Å²) in [4.78, 5) is 0. The first kappa shape index (κ1) is 34.7. The van der Waals surface area contributed by atoms with E-state index in [9.17, 15) is 46.0 Å². The highest BCUT2D eigenvalue weighted by Crippen LogP contribution is 2.61. The van der Waals surface area contributed by atoms with Gasteiger partial charge in [-0.1, -0.05) is 115 Å². The van der Waals surface area contributed by atoms with Gasteiger partial charge in [-0.2, -0.15) is 0 Å². The monoisotopic (exact) mass is 790 g/mol. The van der Waals surface area contributed by atoms with Gasteiger partial charge in [0.25, 0.3) is 0 Å². The highest BCUT2D eigenvalue weighted by Gasteiger charge is 2.33. The lowest BCUT2D eigenvalue weighted by Gasteiger charge is -2.20. The number of furan rings is 1. The highest BCUT2D eigenvalue weighted by atomic mass is 16.4. The van der Waals surface area contributed by atoms with Crippen LogP contribution in [-0.4, -0.2) is 46.0 Å². The van der Waals surface area contributed by atoms with Crippen molar-refractivity contribution in [2.24, 2.45) is 0 Å². The summed E-state index contributed by atoms with van der Waals surface area (Å²) in [5.74, 6) is -9.01. The molecule has 9 N–H and O–H groups in total. The second-order valence-electron chi connectivity index (χ2n) is 14.9. The van der Waals surface area contributed by atoms with Gasteiger partial charge in [0.15, 0.2) is 39.9 Å². The van der Waals surface area contributed by atoms with Crippen LogP contribution in [0.5, 0.6) is 51.7 Å². The van der Waals surface area contributed by atoms with Crippen molar-refractivity contribution in [3.05, 3.63) is 127 Å². The number of benzene rings is 10. The van der Waals surface area contributed by atoms with E-state index in [0.717, 1.165) is 54.4 Å². The van der Waals surface area contributed by atoms with Gasteiger partial charge in [-0.15, -0.1) is 0 Å². The van der Waals surface area contributed by atoms with E-state index in [-0.39, 0.29) is 16.3 Å². The fraction of sp³-hybridized carbons (Fsp3) is 0. The maximum atomic E-state index is 11.9. The number of phenols is 9. The van der Waals surface area contributed by atoms with Crippen LogP contribution in [0, 0.1) is 0 Å². The molecule has 0 fully saturated rings. The minimum Gasteiger partial charge on any atom is -0.504 e. The minimum absolute atomic E-state index is 0.112. The van der Waals surface area contributed by atoms with E-state index >= 15 is 0 Å². The second kappa shape index (κ2) is 12.3. The Morgan fingerprint density at radius 1 is 0.283 bits per heavy atom. The molecule has 11 rings (SSSR count). The Bertz CT molecular complexity index is 3650. The van der Waals surface area contributed by atoms with Gasteiger partial charge in [0, 0.05) is 10.9 Å². The average Bonchev–Trinajstić information content (AvgIpc) is 3.67. The van der Waals surface area contributed by atoms with Gasteiger partial charge in [-0.25, -0.2) is 0 Å². The molecule has 0 spiro atoms. The summed E-state index contributed by atoms with van der Waals surface area (Å²) in [6, 6.07) is 42.0. The standard InChI is InChI=1S/C50H30O10/c51-40-35(36-38-43(54)41(52)37-39(44(55)46(57)45(56)42(37)53)49(38)60-50(36)48(59)47(40)58)32-21-24(20-23-11-2-4-14-26(23)32)33-28-15-5-7-17-30(28)34(31-18-8-6-16-29(31)33)27-19-9-12-22-10-1-3-13-25(22)27/h1-21,51-59H. The molecular formula is C50H30O10. The third-order valence-electron chi connectivity index (χ3n) is 11.8. The van der Waals surface area contributed by atoms with E-state index in [0.29, 0.717) is 16.5 Å². The van der Waals surface area contributed by atoms with E-state index in [1.54, 1.807) is 6.07 Å². The van der Waals surface area contributed by atoms with Crippen LogP contribution >= 0.6 is 0 Å². The predicted octanol–water partition coefficient (Wildman–Crippen LogP) is 11.7. The summed E-state index contributed by atoms with van der Waals surface area (Å²) in [5.41, 5.74) is 3.02. The Labute approximate surface area is 337 Å². The number of fused-ring (bicyclic) bond motifs is 9. The minimum atomic E-state index is -1.17. The van der Waals surface area contributed by atoms with Gasteiger partial charge in [-0.05, 0) is 83.0 Å². The van der Waals surface area contributed by atoms with Crippen LogP contribution < -0.4 is 0 Å². The normalized spacial score (nSPS) is 11.9. The quantitative estimate of drug-likeness (QED) is 0.0472. The van der Waals surface area contributed by atoms with Gasteiger partial charge in [0.2, 0.25) is 23.0 Å². The predicted molar refractivity (Wildman–Crippen MR) is 233 cm³/mol. The molecule has 0 amide bonds. The SMILES string of the molecule is Oc1c(O)c(-c2cc(-c3c4ccccc4c(-c4cccc5ccccc45)c4ccccc34)cc3ccccc23)c2c(oc3c4c(O)c(O)c(O)c(O)c4c(O)c(O)c32)c1O. The molecule has 1 aromatic heterocycles. The van der Waals surface area contributed by atoms with Crippen molar-refractivity contribution in [1.29, 1.82) is 0 Å². The van der Waals surface area contributed by atoms with E-state index in [2.05, 4.69) is 54.6 Å².